The van der Waals surface area contributed by atoms with Crippen molar-refractivity contribution in [3.63, 3.8) is 0 Å². The molecule has 106 valence electrons. The molecule has 2 heteroatoms. The molecule has 1 aromatic carbocycles. The summed E-state index contributed by atoms with van der Waals surface area (Å²) in [5, 5.41) is 0. The van der Waals surface area contributed by atoms with Crippen LogP contribution in [0.1, 0.15) is 44.9 Å². The van der Waals surface area contributed by atoms with Crippen molar-refractivity contribution >= 4 is 5.78 Å². The van der Waals surface area contributed by atoms with Gasteiger partial charge in [0.05, 0.1) is 0 Å². The number of hydrogen-bond donors (Lipinski definition) is 0. The van der Waals surface area contributed by atoms with Gasteiger partial charge in [0.25, 0.3) is 0 Å². The smallest absolute Gasteiger partial charge is 0.134 e. The maximum atomic E-state index is 11.3. The van der Waals surface area contributed by atoms with E-state index in [0.29, 0.717) is 24.3 Å². The maximum Gasteiger partial charge on any atom is 0.134 e. The summed E-state index contributed by atoms with van der Waals surface area (Å²) in [6.45, 7) is 8.47. The van der Waals surface area contributed by atoms with Gasteiger partial charge in [-0.3, -0.25) is 4.79 Å². The minimum absolute atomic E-state index is 0.218. The summed E-state index contributed by atoms with van der Waals surface area (Å²) in [5.41, 5.74) is 2.43. The van der Waals surface area contributed by atoms with Gasteiger partial charge in [-0.2, -0.15) is 0 Å². The molecule has 0 aliphatic carbocycles. The lowest BCUT2D eigenvalue weighted by molar-refractivity contribution is -0.116. The molecule has 19 heavy (non-hydrogen) atoms. The molecule has 0 bridgehead atoms. The van der Waals surface area contributed by atoms with Crippen LogP contribution in [0.3, 0.4) is 0 Å². The largest absolute Gasteiger partial charge is 0.302 e. The van der Waals surface area contributed by atoms with Crippen LogP contribution in [0, 0.1) is 11.8 Å². The van der Waals surface area contributed by atoms with Crippen molar-refractivity contribution < 1.29 is 4.79 Å². The zero-order valence-corrected chi connectivity index (χ0v) is 13.1. The van der Waals surface area contributed by atoms with Crippen LogP contribution in [0.4, 0.5) is 0 Å². The van der Waals surface area contributed by atoms with Gasteiger partial charge in [-0.05, 0) is 44.0 Å². The fourth-order valence-corrected chi connectivity index (χ4v) is 2.61. The second-order valence-corrected chi connectivity index (χ2v) is 6.14. The Morgan fingerprint density at radius 1 is 1.21 bits per heavy atom. The Bertz CT molecular complexity index is 423. The molecule has 0 aliphatic heterocycles. The van der Waals surface area contributed by atoms with Crippen molar-refractivity contribution in [1.82, 2.24) is 4.90 Å². The van der Waals surface area contributed by atoms with Crippen LogP contribution < -0.4 is 0 Å². The van der Waals surface area contributed by atoms with Gasteiger partial charge >= 0.3 is 0 Å². The lowest BCUT2D eigenvalue weighted by Gasteiger charge is -2.33. The minimum atomic E-state index is 0.218. The number of Topliss-reactive ketones (excluding diaryl/α,β-unsaturated/α-hetero) is 1. The first-order valence-electron chi connectivity index (χ1n) is 7.07. The molecule has 1 aromatic rings. The van der Waals surface area contributed by atoms with E-state index in [1.165, 1.54) is 5.56 Å². The Morgan fingerprint density at radius 2 is 1.84 bits per heavy atom. The first-order chi connectivity index (χ1) is 8.82. The van der Waals surface area contributed by atoms with E-state index < -0.39 is 0 Å². The third-order valence-electron chi connectivity index (χ3n) is 3.85. The van der Waals surface area contributed by atoms with Crippen LogP contribution in [0.15, 0.2) is 24.3 Å². The van der Waals surface area contributed by atoms with Crippen LogP contribution in [0.2, 0.25) is 0 Å². The summed E-state index contributed by atoms with van der Waals surface area (Å²) >= 11 is 0. The standard InChI is InChI=1S/C17H27NO/c1-12(2)14(4)17(18(5)6)16-9-7-8-15(11-16)10-13(3)19/h7-9,11-12,14,17H,10H2,1-6H3/t14-,17-/m1/s1. The van der Waals surface area contributed by atoms with Crippen LogP contribution in [-0.2, 0) is 11.2 Å². The first-order valence-corrected chi connectivity index (χ1v) is 7.07. The molecule has 0 unspecified atom stereocenters. The number of carbonyl (C=O) groups is 1. The molecule has 2 atom stereocenters. The van der Waals surface area contributed by atoms with Crippen LogP contribution in [-0.4, -0.2) is 24.8 Å². The van der Waals surface area contributed by atoms with E-state index in [9.17, 15) is 4.79 Å². The zero-order valence-electron chi connectivity index (χ0n) is 13.1. The third kappa shape index (κ3) is 4.46. The number of rotatable bonds is 6. The molecule has 0 fully saturated rings. The Kier molecular flexibility index (Phi) is 5.74. The van der Waals surface area contributed by atoms with Gasteiger partial charge in [0, 0.05) is 12.5 Å². The van der Waals surface area contributed by atoms with Gasteiger partial charge in [-0.25, -0.2) is 0 Å². The monoisotopic (exact) mass is 261 g/mol. The predicted molar refractivity (Wildman–Crippen MR) is 81.3 cm³/mol. The quantitative estimate of drug-likeness (QED) is 0.778. The molecular formula is C17H27NO. The lowest BCUT2D eigenvalue weighted by Crippen LogP contribution is -2.28. The number of nitrogens with zero attached hydrogens (tertiary/aromatic N) is 1. The Balaban J connectivity index is 3.06. The highest BCUT2D eigenvalue weighted by atomic mass is 16.1. The summed E-state index contributed by atoms with van der Waals surface area (Å²) in [7, 11) is 4.25. The highest BCUT2D eigenvalue weighted by Crippen LogP contribution is 2.32. The summed E-state index contributed by atoms with van der Waals surface area (Å²) < 4.78 is 0. The van der Waals surface area contributed by atoms with Crippen molar-refractivity contribution in [2.75, 3.05) is 14.1 Å². The summed E-state index contributed by atoms with van der Waals surface area (Å²) in [6.07, 6.45) is 0.532. The lowest BCUT2D eigenvalue weighted by atomic mass is 9.84. The van der Waals surface area contributed by atoms with Crippen molar-refractivity contribution in [2.24, 2.45) is 11.8 Å². The molecule has 1 rings (SSSR count). The van der Waals surface area contributed by atoms with E-state index in [4.69, 9.17) is 0 Å². The summed E-state index contributed by atoms with van der Waals surface area (Å²) in [6, 6.07) is 8.86. The first kappa shape index (κ1) is 15.9. The van der Waals surface area contributed by atoms with Gasteiger partial charge in [0.2, 0.25) is 0 Å². The molecule has 0 radical (unpaired) electrons. The Labute approximate surface area is 117 Å². The van der Waals surface area contributed by atoms with Crippen LogP contribution in [0.25, 0.3) is 0 Å². The summed E-state index contributed by atoms with van der Waals surface area (Å²) in [5.74, 6) is 1.42. The SMILES string of the molecule is CC(=O)Cc1cccc([C@@H]([C@H](C)C(C)C)N(C)C)c1. The van der Waals surface area contributed by atoms with Gasteiger partial charge in [0.1, 0.15) is 5.78 Å². The molecule has 0 amide bonds. The molecular weight excluding hydrogens is 234 g/mol. The molecule has 0 aromatic heterocycles. The molecule has 2 nitrogen and oxygen atoms in total. The van der Waals surface area contributed by atoms with E-state index in [0.717, 1.165) is 5.56 Å². The van der Waals surface area contributed by atoms with E-state index in [-0.39, 0.29) is 5.78 Å². The molecule has 0 saturated heterocycles. The Hall–Kier alpha value is -1.15. The number of carbonyl (C=O) groups excluding carboxylic acids is 1. The maximum absolute atomic E-state index is 11.3. The molecule has 0 N–H and O–H groups in total. The zero-order chi connectivity index (χ0) is 14.6. The van der Waals surface area contributed by atoms with E-state index in [1.807, 2.05) is 6.07 Å². The van der Waals surface area contributed by atoms with Crippen molar-refractivity contribution in [2.45, 2.75) is 40.2 Å². The average molecular weight is 261 g/mol. The second kappa shape index (κ2) is 6.85. The van der Waals surface area contributed by atoms with Gasteiger partial charge < -0.3 is 4.90 Å². The number of ketones is 1. The average Bonchev–Trinajstić information content (AvgIpc) is 2.27. The van der Waals surface area contributed by atoms with E-state index >= 15 is 0 Å². The predicted octanol–water partition coefficient (Wildman–Crippen LogP) is 3.71. The van der Waals surface area contributed by atoms with Gasteiger partial charge in [0.15, 0.2) is 0 Å². The van der Waals surface area contributed by atoms with Crippen molar-refractivity contribution in [3.8, 4) is 0 Å². The van der Waals surface area contributed by atoms with Crippen molar-refractivity contribution in [1.29, 1.82) is 0 Å². The van der Waals surface area contributed by atoms with Crippen molar-refractivity contribution in [3.05, 3.63) is 35.4 Å². The highest BCUT2D eigenvalue weighted by Gasteiger charge is 2.24. The highest BCUT2D eigenvalue weighted by molar-refractivity contribution is 5.78. The molecule has 0 saturated carbocycles. The minimum Gasteiger partial charge on any atom is -0.302 e. The number of benzene rings is 1. The Morgan fingerprint density at radius 3 is 2.32 bits per heavy atom. The van der Waals surface area contributed by atoms with Gasteiger partial charge in [-0.1, -0.05) is 45.0 Å². The van der Waals surface area contributed by atoms with E-state index in [2.05, 4.69) is 58.0 Å². The molecule has 0 spiro atoms. The van der Waals surface area contributed by atoms with E-state index in [1.54, 1.807) is 6.92 Å². The topological polar surface area (TPSA) is 20.3 Å². The number of hydrogen-bond acceptors (Lipinski definition) is 2. The summed E-state index contributed by atoms with van der Waals surface area (Å²) in [4.78, 5) is 13.5. The molecule has 0 heterocycles. The second-order valence-electron chi connectivity index (χ2n) is 6.14. The normalized spacial score (nSPS) is 14.7. The fraction of sp³-hybridized carbons (Fsp3) is 0.588. The van der Waals surface area contributed by atoms with Crippen LogP contribution >= 0.6 is 0 Å². The fourth-order valence-electron chi connectivity index (χ4n) is 2.61. The molecule has 0 aliphatic rings. The van der Waals surface area contributed by atoms with Gasteiger partial charge in [-0.15, -0.1) is 0 Å². The third-order valence-corrected chi connectivity index (χ3v) is 3.85. The van der Waals surface area contributed by atoms with Crippen LogP contribution in [0.5, 0.6) is 0 Å².